The zero-order valence-electron chi connectivity index (χ0n) is 18.0. The number of anilines is 1. The Morgan fingerprint density at radius 2 is 1.72 bits per heavy atom. The molecule has 0 radical (unpaired) electrons. The van der Waals surface area contributed by atoms with Crippen molar-refractivity contribution in [1.29, 1.82) is 0 Å². The fourth-order valence-electron chi connectivity index (χ4n) is 3.55. The minimum Gasteiger partial charge on any atom is -0.382 e. The summed E-state index contributed by atoms with van der Waals surface area (Å²) in [7, 11) is 0. The second kappa shape index (κ2) is 8.22. The lowest BCUT2D eigenvalue weighted by molar-refractivity contribution is 0.521. The van der Waals surface area contributed by atoms with Gasteiger partial charge in [-0.05, 0) is 17.9 Å². The maximum Gasteiger partial charge on any atom is 0.185 e. The van der Waals surface area contributed by atoms with Crippen LogP contribution in [0.4, 0.5) is 5.82 Å². The number of rotatable bonds is 7. The Hall–Kier alpha value is -4.08. The van der Waals surface area contributed by atoms with E-state index < -0.39 is 0 Å². The number of fused-ring (bicyclic) bond motifs is 2. The van der Waals surface area contributed by atoms with Crippen molar-refractivity contribution in [1.82, 2.24) is 39.3 Å². The summed E-state index contributed by atoms with van der Waals surface area (Å²) in [4.78, 5) is 26.8. The molecule has 0 unspecified atom stereocenters. The summed E-state index contributed by atoms with van der Waals surface area (Å²) in [5.41, 5.74) is 9.71. The summed E-state index contributed by atoms with van der Waals surface area (Å²) in [5.74, 6) is 1.72. The summed E-state index contributed by atoms with van der Waals surface area (Å²) < 4.78 is 3.75. The average molecular weight is 429 g/mol. The average Bonchev–Trinajstić information content (AvgIpc) is 3.42. The van der Waals surface area contributed by atoms with E-state index in [0.717, 1.165) is 35.4 Å². The van der Waals surface area contributed by atoms with Gasteiger partial charge >= 0.3 is 0 Å². The summed E-state index contributed by atoms with van der Waals surface area (Å²) in [6, 6.07) is 10.2. The van der Waals surface area contributed by atoms with Gasteiger partial charge in [0.15, 0.2) is 22.6 Å². The number of nitrogens with zero attached hydrogens (tertiary/aromatic N) is 9. The molecule has 2 N–H and O–H groups in total. The van der Waals surface area contributed by atoms with Gasteiger partial charge in [-0.2, -0.15) is 0 Å². The number of nitrogen functional groups attached to an aromatic ring is 1. The molecule has 0 aliphatic carbocycles. The third-order valence-electron chi connectivity index (χ3n) is 5.28. The van der Waals surface area contributed by atoms with Crippen molar-refractivity contribution in [2.75, 3.05) is 10.9 Å². The molecule has 0 aliphatic heterocycles. The first-order valence-corrected chi connectivity index (χ1v) is 10.5. The molecule has 0 bridgehead atoms. The minimum atomic E-state index is 0.335. The third kappa shape index (κ3) is 3.70. The molecule has 4 heterocycles. The first kappa shape index (κ1) is 19.9. The van der Waals surface area contributed by atoms with Gasteiger partial charge in [0.05, 0.1) is 12.7 Å². The highest BCUT2D eigenvalue weighted by atomic mass is 15.8. The molecule has 4 aromatic heterocycles. The number of benzene rings is 1. The monoisotopic (exact) mass is 428 g/mol. The van der Waals surface area contributed by atoms with Gasteiger partial charge in [-0.15, -0.1) is 0 Å². The van der Waals surface area contributed by atoms with Crippen molar-refractivity contribution in [2.45, 2.75) is 33.2 Å². The maximum atomic E-state index is 6.02. The molecule has 0 amide bonds. The Bertz CT molecular complexity index is 1360. The number of imidazole rings is 2. The van der Waals surface area contributed by atoms with E-state index in [1.54, 1.807) is 18.9 Å². The molecule has 5 aromatic rings. The summed E-state index contributed by atoms with van der Waals surface area (Å²) in [6.07, 6.45) is 8.48. The van der Waals surface area contributed by atoms with E-state index >= 15 is 0 Å². The number of aromatic nitrogens is 8. The van der Waals surface area contributed by atoms with Crippen molar-refractivity contribution >= 4 is 28.1 Å². The Morgan fingerprint density at radius 3 is 2.53 bits per heavy atom. The van der Waals surface area contributed by atoms with E-state index in [4.69, 9.17) is 10.7 Å². The van der Waals surface area contributed by atoms with Gasteiger partial charge < -0.3 is 5.73 Å². The van der Waals surface area contributed by atoms with E-state index in [9.17, 15) is 0 Å². The molecule has 0 atom stereocenters. The lowest BCUT2D eigenvalue weighted by atomic mass is 10.1. The van der Waals surface area contributed by atoms with Crippen LogP contribution in [0.2, 0.25) is 0 Å². The number of nitrogens with two attached hydrogens (primary N) is 1. The highest BCUT2D eigenvalue weighted by Crippen LogP contribution is 2.19. The van der Waals surface area contributed by atoms with Crippen LogP contribution in [0.3, 0.4) is 0 Å². The van der Waals surface area contributed by atoms with Gasteiger partial charge in [-0.1, -0.05) is 44.2 Å². The van der Waals surface area contributed by atoms with Crippen LogP contribution < -0.4 is 10.9 Å². The lowest BCUT2D eigenvalue weighted by Crippen LogP contribution is -2.38. The molecule has 10 heteroatoms. The van der Waals surface area contributed by atoms with E-state index in [1.807, 2.05) is 32.7 Å². The van der Waals surface area contributed by atoms with Gasteiger partial charge in [0.25, 0.3) is 0 Å². The van der Waals surface area contributed by atoms with Crippen LogP contribution in [0, 0.1) is 5.92 Å². The molecule has 32 heavy (non-hydrogen) atoms. The zero-order chi connectivity index (χ0) is 22.1. The standard InChI is InChI=1S/C22H24N10/c1-15(2)8-9-18-24-10-17-21(29-18)30(13-27-17)32(11-16-6-4-3-5-7-16)31-14-28-19-20(23)25-12-26-22(19)31/h3-7,10,12-15H,8-9,11H2,1-2H3,(H2,23,25,26). The second-order valence-electron chi connectivity index (χ2n) is 8.05. The Balaban J connectivity index is 1.64. The lowest BCUT2D eigenvalue weighted by Gasteiger charge is -2.26. The van der Waals surface area contributed by atoms with Crippen LogP contribution in [0.15, 0.2) is 55.5 Å². The van der Waals surface area contributed by atoms with Crippen LogP contribution in [0.5, 0.6) is 0 Å². The molecule has 0 fully saturated rings. The van der Waals surface area contributed by atoms with Gasteiger partial charge in [0.2, 0.25) is 0 Å². The third-order valence-corrected chi connectivity index (χ3v) is 5.28. The van der Waals surface area contributed by atoms with Crippen LogP contribution in [0.25, 0.3) is 22.3 Å². The molecule has 5 rings (SSSR count). The van der Waals surface area contributed by atoms with Crippen LogP contribution in [-0.2, 0) is 13.0 Å². The summed E-state index contributed by atoms with van der Waals surface area (Å²) in [6.45, 7) is 4.93. The van der Waals surface area contributed by atoms with E-state index in [0.29, 0.717) is 29.4 Å². The fourth-order valence-corrected chi connectivity index (χ4v) is 3.55. The number of hydrogen-bond donors (Lipinski definition) is 1. The summed E-state index contributed by atoms with van der Waals surface area (Å²) in [5, 5.41) is 1.98. The fraction of sp³-hybridized carbons (Fsp3) is 0.273. The molecule has 0 aliphatic rings. The van der Waals surface area contributed by atoms with Crippen molar-refractivity contribution in [2.24, 2.45) is 5.92 Å². The molecule has 162 valence electrons. The van der Waals surface area contributed by atoms with Crippen molar-refractivity contribution in [3.63, 3.8) is 0 Å². The van der Waals surface area contributed by atoms with E-state index in [-0.39, 0.29) is 0 Å². The smallest absolute Gasteiger partial charge is 0.185 e. The number of hydrogen-bond acceptors (Lipinski definition) is 8. The first-order chi connectivity index (χ1) is 15.6. The van der Waals surface area contributed by atoms with Gasteiger partial charge in [-0.25, -0.2) is 44.4 Å². The molecule has 0 saturated carbocycles. The largest absolute Gasteiger partial charge is 0.382 e. The SMILES string of the molecule is CC(C)CCc1ncc2ncn(N(Cc3ccccc3)n3cnc4c(N)ncnc43)c2n1. The van der Waals surface area contributed by atoms with Gasteiger partial charge in [0, 0.05) is 6.42 Å². The first-order valence-electron chi connectivity index (χ1n) is 10.5. The van der Waals surface area contributed by atoms with Crippen LogP contribution >= 0.6 is 0 Å². The van der Waals surface area contributed by atoms with Crippen LogP contribution in [-0.4, -0.2) is 39.3 Å². The second-order valence-corrected chi connectivity index (χ2v) is 8.05. The molecular formula is C22H24N10. The normalized spacial score (nSPS) is 11.6. The van der Waals surface area contributed by atoms with Crippen LogP contribution in [0.1, 0.15) is 31.7 Å². The topological polar surface area (TPSA) is 116 Å². The van der Waals surface area contributed by atoms with E-state index in [2.05, 4.69) is 50.9 Å². The minimum absolute atomic E-state index is 0.335. The van der Waals surface area contributed by atoms with Crippen molar-refractivity contribution < 1.29 is 0 Å². The highest BCUT2D eigenvalue weighted by Gasteiger charge is 2.19. The molecular weight excluding hydrogens is 404 g/mol. The molecule has 1 aromatic carbocycles. The highest BCUT2D eigenvalue weighted by molar-refractivity contribution is 5.81. The quantitative estimate of drug-likeness (QED) is 0.421. The summed E-state index contributed by atoms with van der Waals surface area (Å²) >= 11 is 0. The predicted molar refractivity (Wildman–Crippen MR) is 122 cm³/mol. The van der Waals surface area contributed by atoms with E-state index in [1.165, 1.54) is 6.33 Å². The molecule has 0 spiro atoms. The Kier molecular flexibility index (Phi) is 5.10. The van der Waals surface area contributed by atoms with Crippen molar-refractivity contribution in [3.8, 4) is 0 Å². The zero-order valence-corrected chi connectivity index (χ0v) is 18.0. The number of aryl methyl sites for hydroxylation is 1. The van der Waals surface area contributed by atoms with Gasteiger partial charge in [0.1, 0.15) is 30.3 Å². The predicted octanol–water partition coefficient (Wildman–Crippen LogP) is 2.74. The Morgan fingerprint density at radius 1 is 0.938 bits per heavy atom. The maximum absolute atomic E-state index is 6.02. The van der Waals surface area contributed by atoms with Crippen molar-refractivity contribution in [3.05, 3.63) is 66.9 Å². The molecule has 10 nitrogen and oxygen atoms in total. The van der Waals surface area contributed by atoms with Gasteiger partial charge in [-0.3, -0.25) is 0 Å². The molecule has 0 saturated heterocycles. The Labute approximate surface area is 184 Å².